The zero-order valence-corrected chi connectivity index (χ0v) is 20.8. The van der Waals surface area contributed by atoms with Crippen molar-refractivity contribution < 1.29 is 9.21 Å². The number of amides is 1. The molecule has 180 valence electrons. The van der Waals surface area contributed by atoms with Crippen LogP contribution in [0.1, 0.15) is 42.3 Å². The molecule has 0 unspecified atom stereocenters. The highest BCUT2D eigenvalue weighted by molar-refractivity contribution is 7.99. The van der Waals surface area contributed by atoms with Crippen LogP contribution in [-0.2, 0) is 17.9 Å². The minimum Gasteiger partial charge on any atom is -0.467 e. The van der Waals surface area contributed by atoms with Gasteiger partial charge in [-0.1, -0.05) is 37.2 Å². The van der Waals surface area contributed by atoms with Crippen molar-refractivity contribution in [3.05, 3.63) is 75.6 Å². The van der Waals surface area contributed by atoms with E-state index in [1.165, 1.54) is 11.8 Å². The summed E-state index contributed by atoms with van der Waals surface area (Å²) < 4.78 is 9.00. The highest BCUT2D eigenvalue weighted by atomic mass is 32.2. The normalized spacial score (nSPS) is 11.0. The van der Waals surface area contributed by atoms with Gasteiger partial charge in [0.2, 0.25) is 5.91 Å². The van der Waals surface area contributed by atoms with Crippen molar-refractivity contribution in [2.45, 2.75) is 51.9 Å². The van der Waals surface area contributed by atoms with Gasteiger partial charge in [0.15, 0.2) is 5.16 Å². The number of para-hydroxylation sites is 1. The maximum atomic E-state index is 13.1. The number of furan rings is 1. The Bertz CT molecular complexity index is 1460. The van der Waals surface area contributed by atoms with Crippen molar-refractivity contribution in [1.82, 2.24) is 14.1 Å². The maximum absolute atomic E-state index is 13.1. The number of carbonyl (C=O) groups excluding carboxylic acids is 1. The van der Waals surface area contributed by atoms with E-state index in [0.717, 1.165) is 29.9 Å². The summed E-state index contributed by atoms with van der Waals surface area (Å²) >= 11 is 1.22. The Morgan fingerprint density at radius 1 is 1.20 bits per heavy atom. The molecule has 0 saturated heterocycles. The van der Waals surface area contributed by atoms with Crippen LogP contribution in [0.25, 0.3) is 10.9 Å². The van der Waals surface area contributed by atoms with Gasteiger partial charge in [-0.25, -0.2) is 4.98 Å². The molecule has 0 aliphatic rings. The van der Waals surface area contributed by atoms with Crippen molar-refractivity contribution in [1.29, 1.82) is 5.26 Å². The number of aromatic nitrogens is 3. The Labute approximate surface area is 207 Å². The molecule has 0 aliphatic heterocycles. The van der Waals surface area contributed by atoms with Crippen molar-refractivity contribution in [2.75, 3.05) is 11.1 Å². The van der Waals surface area contributed by atoms with Gasteiger partial charge in [-0.3, -0.25) is 14.2 Å². The number of carbonyl (C=O) groups is 1. The van der Waals surface area contributed by atoms with Crippen LogP contribution in [0.3, 0.4) is 0 Å². The van der Waals surface area contributed by atoms with Gasteiger partial charge in [0, 0.05) is 12.2 Å². The summed E-state index contributed by atoms with van der Waals surface area (Å²) in [5, 5.41) is 13.7. The molecule has 0 radical (unpaired) electrons. The quantitative estimate of drug-likeness (QED) is 0.266. The number of thioether (sulfide) groups is 1. The highest BCUT2D eigenvalue weighted by Gasteiger charge is 2.21. The van der Waals surface area contributed by atoms with Crippen LogP contribution in [0, 0.1) is 25.2 Å². The second kappa shape index (κ2) is 10.7. The van der Waals surface area contributed by atoms with E-state index in [9.17, 15) is 14.9 Å². The molecule has 0 saturated carbocycles. The van der Waals surface area contributed by atoms with E-state index in [4.69, 9.17) is 4.42 Å². The van der Waals surface area contributed by atoms with E-state index in [2.05, 4.69) is 23.3 Å². The van der Waals surface area contributed by atoms with Crippen molar-refractivity contribution in [3.8, 4) is 6.07 Å². The lowest BCUT2D eigenvalue weighted by atomic mass is 10.2. The van der Waals surface area contributed by atoms with Gasteiger partial charge in [0.1, 0.15) is 17.6 Å². The Kier molecular flexibility index (Phi) is 7.42. The van der Waals surface area contributed by atoms with E-state index in [-0.39, 0.29) is 17.2 Å². The number of rotatable bonds is 9. The van der Waals surface area contributed by atoms with E-state index in [1.54, 1.807) is 29.0 Å². The molecule has 3 heterocycles. The number of unbranched alkanes of at least 4 members (excludes halogenated alkanes) is 1. The molecular formula is C26H27N5O3S. The van der Waals surface area contributed by atoms with Crippen LogP contribution >= 0.6 is 11.8 Å². The molecule has 0 spiro atoms. The lowest BCUT2D eigenvalue weighted by molar-refractivity contribution is -0.113. The predicted molar refractivity (Wildman–Crippen MR) is 137 cm³/mol. The Morgan fingerprint density at radius 2 is 2.00 bits per heavy atom. The summed E-state index contributed by atoms with van der Waals surface area (Å²) in [6, 6.07) is 13.1. The number of nitrogens with zero attached hydrogens (tertiary/aromatic N) is 4. The number of nitrogens with one attached hydrogen (secondary N) is 1. The lowest BCUT2D eigenvalue weighted by Gasteiger charge is -2.14. The van der Waals surface area contributed by atoms with E-state index in [1.807, 2.05) is 36.6 Å². The first kappa shape index (κ1) is 24.4. The number of benzene rings is 1. The Morgan fingerprint density at radius 3 is 2.71 bits per heavy atom. The van der Waals surface area contributed by atoms with Gasteiger partial charge >= 0.3 is 0 Å². The molecule has 1 aromatic carbocycles. The number of fused-ring (bicyclic) bond motifs is 1. The summed E-state index contributed by atoms with van der Waals surface area (Å²) in [5.41, 5.74) is 2.63. The first-order chi connectivity index (χ1) is 16.9. The average molecular weight is 490 g/mol. The topological polar surface area (TPSA) is 106 Å². The number of hydrogen-bond donors (Lipinski definition) is 1. The van der Waals surface area contributed by atoms with Crippen LogP contribution in [-0.4, -0.2) is 25.8 Å². The monoisotopic (exact) mass is 489 g/mol. The lowest BCUT2D eigenvalue weighted by Crippen LogP contribution is -2.24. The molecule has 0 bridgehead atoms. The van der Waals surface area contributed by atoms with Gasteiger partial charge in [0.05, 0.1) is 35.0 Å². The molecule has 3 aromatic heterocycles. The molecule has 0 fully saturated rings. The smallest absolute Gasteiger partial charge is 0.262 e. The molecule has 9 heteroatoms. The number of nitriles is 1. The molecule has 0 atom stereocenters. The third kappa shape index (κ3) is 5.03. The van der Waals surface area contributed by atoms with Crippen LogP contribution in [0.2, 0.25) is 0 Å². The third-order valence-electron chi connectivity index (χ3n) is 5.99. The Balaban J connectivity index is 1.59. The fourth-order valence-corrected chi connectivity index (χ4v) is 4.78. The van der Waals surface area contributed by atoms with E-state index < -0.39 is 0 Å². The first-order valence-corrected chi connectivity index (χ1v) is 12.5. The van der Waals surface area contributed by atoms with Gasteiger partial charge in [-0.2, -0.15) is 5.26 Å². The van der Waals surface area contributed by atoms with E-state index >= 15 is 0 Å². The standard InChI is InChI=1S/C26H27N5O3S/c1-4-5-12-30-25(33)20-10-6-7-11-22(20)28-26(30)35-16-23(32)29-24-21(14-27)17(2)18(3)31(24)15-19-9-8-13-34-19/h6-11,13H,4-5,12,15-16H2,1-3H3,(H,29,32). The predicted octanol–water partition coefficient (Wildman–Crippen LogP) is 4.86. The fourth-order valence-electron chi connectivity index (χ4n) is 3.96. The Hall–Kier alpha value is -3.77. The third-order valence-corrected chi connectivity index (χ3v) is 6.96. The fraction of sp³-hybridized carbons (Fsp3) is 0.308. The summed E-state index contributed by atoms with van der Waals surface area (Å²) in [4.78, 5) is 30.7. The molecule has 1 amide bonds. The van der Waals surface area contributed by atoms with Crippen molar-refractivity contribution in [2.24, 2.45) is 0 Å². The largest absolute Gasteiger partial charge is 0.467 e. The van der Waals surface area contributed by atoms with Gasteiger partial charge in [-0.15, -0.1) is 0 Å². The number of anilines is 1. The van der Waals surface area contributed by atoms with Crippen LogP contribution in [0.4, 0.5) is 5.82 Å². The van der Waals surface area contributed by atoms with Crippen LogP contribution in [0.5, 0.6) is 0 Å². The molecule has 8 nitrogen and oxygen atoms in total. The average Bonchev–Trinajstić information content (AvgIpc) is 3.45. The SMILES string of the molecule is CCCCn1c(SCC(=O)Nc2c(C#N)c(C)c(C)n2Cc2ccco2)nc2ccccc2c1=O. The summed E-state index contributed by atoms with van der Waals surface area (Å²) in [7, 11) is 0. The van der Waals surface area contributed by atoms with Gasteiger partial charge < -0.3 is 14.3 Å². The minimum atomic E-state index is -0.283. The number of hydrogen-bond acceptors (Lipinski definition) is 6. The van der Waals surface area contributed by atoms with Crippen LogP contribution in [0.15, 0.2) is 57.0 Å². The summed E-state index contributed by atoms with van der Waals surface area (Å²) in [6.45, 7) is 6.78. The second-order valence-corrected chi connectivity index (χ2v) is 9.21. The van der Waals surface area contributed by atoms with Crippen LogP contribution < -0.4 is 10.9 Å². The van der Waals surface area contributed by atoms with Gasteiger partial charge in [0.25, 0.3) is 5.56 Å². The van der Waals surface area contributed by atoms with Crippen molar-refractivity contribution >= 4 is 34.4 Å². The summed E-state index contributed by atoms with van der Waals surface area (Å²) in [6.07, 6.45) is 3.37. The van der Waals surface area contributed by atoms with Gasteiger partial charge in [-0.05, 0) is 50.1 Å². The molecule has 4 aromatic rings. The summed E-state index contributed by atoms with van der Waals surface area (Å²) in [5.74, 6) is 0.928. The second-order valence-electron chi connectivity index (χ2n) is 8.27. The molecule has 1 N–H and O–H groups in total. The minimum absolute atomic E-state index is 0.0474. The van der Waals surface area contributed by atoms with E-state index in [0.29, 0.717) is 40.5 Å². The highest BCUT2D eigenvalue weighted by Crippen LogP contribution is 2.28. The maximum Gasteiger partial charge on any atom is 0.262 e. The van der Waals surface area contributed by atoms with Crippen molar-refractivity contribution in [3.63, 3.8) is 0 Å². The zero-order chi connectivity index (χ0) is 24.9. The first-order valence-electron chi connectivity index (χ1n) is 11.5. The zero-order valence-electron chi connectivity index (χ0n) is 20.0. The molecule has 0 aliphatic carbocycles. The molecule has 4 rings (SSSR count). The molecule has 35 heavy (non-hydrogen) atoms. The molecular weight excluding hydrogens is 462 g/mol.